The Kier molecular flexibility index (Phi) is 7.63. The average Bonchev–Trinajstić information content (AvgIpc) is 2.45. The number of benzene rings is 1. The minimum Gasteiger partial charge on any atom is -0.478 e. The number of methoxy groups -OCH3 is 2. The number of hydrogen-bond donors (Lipinski definition) is 1. The van der Waals surface area contributed by atoms with E-state index < -0.39 is 11.8 Å². The molecule has 0 radical (unpaired) electrons. The molecule has 0 spiro atoms. The van der Waals surface area contributed by atoms with E-state index >= 15 is 0 Å². The second kappa shape index (κ2) is 8.96. The van der Waals surface area contributed by atoms with E-state index in [4.69, 9.17) is 14.6 Å². The van der Waals surface area contributed by atoms with Crippen LogP contribution >= 0.6 is 15.9 Å². The Labute approximate surface area is 131 Å². The fourth-order valence-electron chi connectivity index (χ4n) is 1.90. The molecule has 0 saturated carbocycles. The van der Waals surface area contributed by atoms with Gasteiger partial charge in [-0.05, 0) is 34.5 Å². The smallest absolute Gasteiger partial charge is 0.336 e. The van der Waals surface area contributed by atoms with Crippen molar-refractivity contribution in [1.82, 2.24) is 0 Å². The van der Waals surface area contributed by atoms with Crippen LogP contribution in [0, 0.1) is 5.82 Å². The van der Waals surface area contributed by atoms with Crippen molar-refractivity contribution in [2.75, 3.05) is 45.4 Å². The topological polar surface area (TPSA) is 59.0 Å². The molecule has 118 valence electrons. The molecule has 0 fully saturated rings. The summed E-state index contributed by atoms with van der Waals surface area (Å²) in [6.45, 7) is 2.12. The van der Waals surface area contributed by atoms with Crippen LogP contribution in [0.2, 0.25) is 0 Å². The molecular formula is C14H19BrFNO4. The van der Waals surface area contributed by atoms with Crippen molar-refractivity contribution < 1.29 is 23.8 Å². The van der Waals surface area contributed by atoms with E-state index in [1.54, 1.807) is 14.2 Å². The number of rotatable bonds is 9. The van der Waals surface area contributed by atoms with Gasteiger partial charge in [0.1, 0.15) is 0 Å². The molecule has 1 N–H and O–H groups in total. The molecule has 0 aliphatic carbocycles. The predicted octanol–water partition coefficient (Wildman–Crippen LogP) is 2.78. The van der Waals surface area contributed by atoms with Crippen LogP contribution in [0.4, 0.5) is 10.1 Å². The molecule has 0 unspecified atom stereocenters. The van der Waals surface area contributed by atoms with Gasteiger partial charge in [-0.1, -0.05) is 0 Å². The van der Waals surface area contributed by atoms with Crippen molar-refractivity contribution >= 4 is 27.6 Å². The van der Waals surface area contributed by atoms with Gasteiger partial charge >= 0.3 is 5.97 Å². The summed E-state index contributed by atoms with van der Waals surface area (Å²) >= 11 is 3.01. The van der Waals surface area contributed by atoms with Gasteiger partial charge in [-0.2, -0.15) is 0 Å². The maximum absolute atomic E-state index is 14.4. The van der Waals surface area contributed by atoms with Crippen LogP contribution in [0.25, 0.3) is 0 Å². The normalized spacial score (nSPS) is 10.7. The lowest BCUT2D eigenvalue weighted by atomic mass is 10.1. The summed E-state index contributed by atoms with van der Waals surface area (Å²) in [4.78, 5) is 12.8. The van der Waals surface area contributed by atoms with E-state index in [0.29, 0.717) is 32.0 Å². The Balaban J connectivity index is 3.00. The zero-order valence-corrected chi connectivity index (χ0v) is 13.7. The Bertz CT molecular complexity index is 484. The maximum atomic E-state index is 14.4. The van der Waals surface area contributed by atoms with E-state index in [-0.39, 0.29) is 10.0 Å². The molecular weight excluding hydrogens is 345 g/mol. The Morgan fingerprint density at radius 3 is 2.52 bits per heavy atom. The number of anilines is 1. The van der Waals surface area contributed by atoms with Crippen LogP contribution in [0.1, 0.15) is 16.8 Å². The van der Waals surface area contributed by atoms with Gasteiger partial charge < -0.3 is 19.5 Å². The quantitative estimate of drug-likeness (QED) is 0.683. The van der Waals surface area contributed by atoms with Crippen molar-refractivity contribution in [3.05, 3.63) is 28.0 Å². The molecule has 1 aromatic rings. The maximum Gasteiger partial charge on any atom is 0.336 e. The molecule has 0 bridgehead atoms. The second-order valence-corrected chi connectivity index (χ2v) is 5.18. The number of ether oxygens (including phenoxy) is 2. The first kappa shape index (κ1) is 17.9. The van der Waals surface area contributed by atoms with Crippen LogP contribution in [-0.4, -0.2) is 51.6 Å². The van der Waals surface area contributed by atoms with Gasteiger partial charge in [-0.3, -0.25) is 0 Å². The third kappa shape index (κ3) is 4.94. The highest BCUT2D eigenvalue weighted by atomic mass is 79.9. The third-order valence-corrected chi connectivity index (χ3v) is 3.75. The number of carbonyl (C=O) groups is 1. The summed E-state index contributed by atoms with van der Waals surface area (Å²) in [5, 5.41) is 8.99. The van der Waals surface area contributed by atoms with E-state index in [2.05, 4.69) is 15.9 Å². The lowest BCUT2D eigenvalue weighted by Crippen LogP contribution is -2.30. The highest BCUT2D eigenvalue weighted by Crippen LogP contribution is 2.29. The SMILES string of the molecule is COCCCN(CCOC)c1ccc(C(=O)O)c(Br)c1F. The highest BCUT2D eigenvalue weighted by Gasteiger charge is 2.19. The molecule has 0 aliphatic heterocycles. The largest absolute Gasteiger partial charge is 0.478 e. The first-order valence-electron chi connectivity index (χ1n) is 6.47. The van der Waals surface area contributed by atoms with Crippen LogP contribution in [0.5, 0.6) is 0 Å². The lowest BCUT2D eigenvalue weighted by Gasteiger charge is -2.25. The van der Waals surface area contributed by atoms with Gasteiger partial charge in [-0.15, -0.1) is 0 Å². The molecule has 1 aromatic carbocycles. The van der Waals surface area contributed by atoms with Gasteiger partial charge in [-0.25, -0.2) is 9.18 Å². The van der Waals surface area contributed by atoms with Gasteiger partial charge in [0.25, 0.3) is 0 Å². The predicted molar refractivity (Wildman–Crippen MR) is 81.6 cm³/mol. The summed E-state index contributed by atoms with van der Waals surface area (Å²) in [6, 6.07) is 2.87. The third-order valence-electron chi connectivity index (χ3n) is 2.97. The number of carboxylic acids is 1. The van der Waals surface area contributed by atoms with E-state index in [1.807, 2.05) is 4.90 Å². The summed E-state index contributed by atoms with van der Waals surface area (Å²) in [6.07, 6.45) is 0.734. The minimum absolute atomic E-state index is 0.0401. The highest BCUT2D eigenvalue weighted by molar-refractivity contribution is 9.10. The molecule has 21 heavy (non-hydrogen) atoms. The summed E-state index contributed by atoms with van der Waals surface area (Å²) < 4.78 is 24.4. The van der Waals surface area contributed by atoms with Crippen LogP contribution in [0.15, 0.2) is 16.6 Å². The van der Waals surface area contributed by atoms with Crippen LogP contribution in [0.3, 0.4) is 0 Å². The zero-order chi connectivity index (χ0) is 15.8. The fourth-order valence-corrected chi connectivity index (χ4v) is 2.41. The average molecular weight is 364 g/mol. The monoisotopic (exact) mass is 363 g/mol. The Morgan fingerprint density at radius 2 is 1.95 bits per heavy atom. The van der Waals surface area contributed by atoms with E-state index in [1.165, 1.54) is 12.1 Å². The van der Waals surface area contributed by atoms with Gasteiger partial charge in [0, 0.05) is 33.9 Å². The lowest BCUT2D eigenvalue weighted by molar-refractivity contribution is 0.0695. The Hall–Kier alpha value is -1.18. The summed E-state index contributed by atoms with van der Waals surface area (Å²) in [5.41, 5.74) is 0.250. The summed E-state index contributed by atoms with van der Waals surface area (Å²) in [5.74, 6) is -1.75. The molecule has 7 heteroatoms. The molecule has 0 atom stereocenters. The van der Waals surface area contributed by atoms with E-state index in [0.717, 1.165) is 6.42 Å². The molecule has 1 rings (SSSR count). The molecule has 0 aromatic heterocycles. The molecule has 0 heterocycles. The fraction of sp³-hybridized carbons (Fsp3) is 0.500. The number of aromatic carboxylic acids is 1. The van der Waals surface area contributed by atoms with Crippen LogP contribution in [-0.2, 0) is 9.47 Å². The molecule has 0 saturated heterocycles. The van der Waals surface area contributed by atoms with E-state index in [9.17, 15) is 9.18 Å². The van der Waals surface area contributed by atoms with Gasteiger partial charge in [0.15, 0.2) is 5.82 Å². The Morgan fingerprint density at radius 1 is 1.29 bits per heavy atom. The molecule has 0 amide bonds. The standard InChI is InChI=1S/C14H19BrFNO4/c1-20-8-3-6-17(7-9-21-2)11-5-4-10(14(18)19)12(15)13(11)16/h4-5H,3,6-9H2,1-2H3,(H,18,19). The van der Waals surface area contributed by atoms with Crippen molar-refractivity contribution in [3.63, 3.8) is 0 Å². The first-order chi connectivity index (χ1) is 10.0. The number of halogens is 2. The van der Waals surface area contributed by atoms with Crippen molar-refractivity contribution in [2.45, 2.75) is 6.42 Å². The number of hydrogen-bond acceptors (Lipinski definition) is 4. The van der Waals surface area contributed by atoms with Crippen molar-refractivity contribution in [1.29, 1.82) is 0 Å². The van der Waals surface area contributed by atoms with Crippen molar-refractivity contribution in [3.8, 4) is 0 Å². The zero-order valence-electron chi connectivity index (χ0n) is 12.1. The summed E-state index contributed by atoms with van der Waals surface area (Å²) in [7, 11) is 3.19. The van der Waals surface area contributed by atoms with Crippen molar-refractivity contribution in [2.24, 2.45) is 0 Å². The number of nitrogens with zero attached hydrogens (tertiary/aromatic N) is 1. The molecule has 0 aliphatic rings. The number of carboxylic acid groups (broad SMARTS) is 1. The van der Waals surface area contributed by atoms with Gasteiger partial charge in [0.05, 0.1) is 22.3 Å². The van der Waals surface area contributed by atoms with Crippen LogP contribution < -0.4 is 4.90 Å². The first-order valence-corrected chi connectivity index (χ1v) is 7.26. The minimum atomic E-state index is -1.17. The van der Waals surface area contributed by atoms with Gasteiger partial charge in [0.2, 0.25) is 0 Å². The second-order valence-electron chi connectivity index (χ2n) is 4.39. The molecule has 5 nitrogen and oxygen atoms in total.